The molecule has 1 amide bonds. The van der Waals surface area contributed by atoms with Crippen molar-refractivity contribution >= 4 is 17.5 Å². The summed E-state index contributed by atoms with van der Waals surface area (Å²) in [5.74, 6) is -2.83. The minimum Gasteiger partial charge on any atom is -0.494 e. The maximum atomic E-state index is 13.8. The third kappa shape index (κ3) is 8.50. The molecule has 2 aliphatic heterocycles. The number of halogens is 3. The number of likely N-dealkylation sites (N-methyl/N-ethyl adjacent to an activating group) is 1. The summed E-state index contributed by atoms with van der Waals surface area (Å²) in [7, 11) is 1.77. The minimum atomic E-state index is -3.04. The van der Waals surface area contributed by atoms with E-state index in [4.69, 9.17) is 21.1 Å². The number of carbonyl (C=O) groups excluding carboxylic acids is 1. The van der Waals surface area contributed by atoms with Crippen molar-refractivity contribution in [3.8, 4) is 11.8 Å². The lowest BCUT2D eigenvalue weighted by molar-refractivity contribution is -0.219. The van der Waals surface area contributed by atoms with Gasteiger partial charge in [-0.15, -0.1) is 0 Å². The Labute approximate surface area is 267 Å². The molecule has 2 fully saturated rings. The van der Waals surface area contributed by atoms with Crippen LogP contribution in [0.15, 0.2) is 42.5 Å². The van der Waals surface area contributed by atoms with Gasteiger partial charge in [-0.3, -0.25) is 9.69 Å². The molecule has 0 radical (unpaired) electrons. The number of nitrogens with zero attached hydrogens (tertiary/aromatic N) is 3. The topological polar surface area (TPSA) is 126 Å². The van der Waals surface area contributed by atoms with Crippen LogP contribution in [0.4, 0.5) is 8.78 Å². The Bertz CT molecular complexity index is 1370. The van der Waals surface area contributed by atoms with Crippen LogP contribution in [0, 0.1) is 11.3 Å². The van der Waals surface area contributed by atoms with Crippen LogP contribution in [0.3, 0.4) is 0 Å². The molecule has 2 saturated heterocycles. The van der Waals surface area contributed by atoms with E-state index >= 15 is 0 Å². The molecule has 0 bridgehead atoms. The Kier molecular flexibility index (Phi) is 11.1. The highest BCUT2D eigenvalue weighted by atomic mass is 35.5. The summed E-state index contributed by atoms with van der Waals surface area (Å²) in [6.45, 7) is 5.25. The lowest BCUT2D eigenvalue weighted by atomic mass is 9.90. The number of ether oxygens (including phenoxy) is 2. The smallest absolute Gasteiger partial charge is 0.268 e. The average Bonchev–Trinajstić information content (AvgIpc) is 3.32. The fourth-order valence-electron chi connectivity index (χ4n) is 5.75. The first-order valence-corrected chi connectivity index (χ1v) is 15.5. The van der Waals surface area contributed by atoms with Crippen molar-refractivity contribution in [3.05, 3.63) is 64.2 Å². The summed E-state index contributed by atoms with van der Waals surface area (Å²) in [6, 6.07) is 13.6. The van der Waals surface area contributed by atoms with E-state index in [1.165, 1.54) is 0 Å². The van der Waals surface area contributed by atoms with Crippen LogP contribution in [-0.4, -0.2) is 99.7 Å². The van der Waals surface area contributed by atoms with Crippen molar-refractivity contribution in [2.45, 2.75) is 94.5 Å². The molecule has 2 aromatic carbocycles. The lowest BCUT2D eigenvalue weighted by Crippen LogP contribution is -2.53. The molecule has 0 unspecified atom stereocenters. The van der Waals surface area contributed by atoms with Crippen molar-refractivity contribution < 1.29 is 38.4 Å². The predicted molar refractivity (Wildman–Crippen MR) is 164 cm³/mol. The second-order valence-corrected chi connectivity index (χ2v) is 13.2. The van der Waals surface area contributed by atoms with Crippen LogP contribution in [0.25, 0.3) is 0 Å². The summed E-state index contributed by atoms with van der Waals surface area (Å²) >= 11 is 6.48. The number of aliphatic hydroxyl groups excluding tert-OH is 3. The van der Waals surface area contributed by atoms with Gasteiger partial charge in [-0.25, -0.2) is 8.78 Å². The first-order valence-electron chi connectivity index (χ1n) is 15.1. The van der Waals surface area contributed by atoms with Gasteiger partial charge in [-0.1, -0.05) is 35.9 Å². The van der Waals surface area contributed by atoms with Crippen molar-refractivity contribution in [3.63, 3.8) is 0 Å². The molecule has 2 aromatic rings. The zero-order chi connectivity index (χ0) is 33.1. The number of likely N-dealkylation sites (tertiary alicyclic amines) is 1. The van der Waals surface area contributed by atoms with Gasteiger partial charge in [0.05, 0.1) is 31.9 Å². The molecule has 6 atom stereocenters. The second-order valence-electron chi connectivity index (χ2n) is 12.8. The quantitative estimate of drug-likeness (QED) is 0.311. The molecule has 0 saturated carbocycles. The zero-order valence-electron chi connectivity index (χ0n) is 26.0. The number of hydrogen-bond acceptors (Lipinski definition) is 8. The SMILES string of the molecule is C[C@H]1O[C@@H](c2ccc(Cl)c(Cc3ccc(OCCCC(C)(C)N(C)CC(=O)N4CC(F)(F)C[C@H]4C#N)cc3)c2)[C@H](O)[C@@H](O)[C@@H]1O. The van der Waals surface area contributed by atoms with E-state index < -0.39 is 66.9 Å². The van der Waals surface area contributed by atoms with E-state index in [9.17, 15) is 34.2 Å². The van der Waals surface area contributed by atoms with E-state index in [0.29, 0.717) is 42.2 Å². The molecule has 9 nitrogen and oxygen atoms in total. The summed E-state index contributed by atoms with van der Waals surface area (Å²) < 4.78 is 39.2. The minimum absolute atomic E-state index is 0.0605. The van der Waals surface area contributed by atoms with E-state index in [2.05, 4.69) is 0 Å². The highest BCUT2D eigenvalue weighted by Crippen LogP contribution is 2.35. The van der Waals surface area contributed by atoms with Gasteiger partial charge in [0.2, 0.25) is 5.91 Å². The van der Waals surface area contributed by atoms with Crippen molar-refractivity contribution in [1.29, 1.82) is 5.26 Å². The molecule has 2 aliphatic rings. The molecule has 0 aliphatic carbocycles. The predicted octanol–water partition coefficient (Wildman–Crippen LogP) is 4.10. The molecule has 3 N–H and O–H groups in total. The number of hydrogen-bond donors (Lipinski definition) is 3. The molecule has 0 aromatic heterocycles. The van der Waals surface area contributed by atoms with Gasteiger partial charge in [0.15, 0.2) is 0 Å². The second kappa shape index (κ2) is 14.3. The molecule has 4 rings (SSSR count). The number of amides is 1. The maximum Gasteiger partial charge on any atom is 0.268 e. The zero-order valence-corrected chi connectivity index (χ0v) is 26.8. The van der Waals surface area contributed by atoms with Crippen LogP contribution in [0.1, 0.15) is 62.8 Å². The molecular formula is C33H42ClF2N3O6. The van der Waals surface area contributed by atoms with E-state index in [1.807, 2.05) is 55.1 Å². The third-order valence-electron chi connectivity index (χ3n) is 8.92. The van der Waals surface area contributed by atoms with Crippen molar-refractivity contribution in [1.82, 2.24) is 9.80 Å². The molecule has 2 heterocycles. The number of rotatable bonds is 11. The van der Waals surface area contributed by atoms with E-state index in [0.717, 1.165) is 16.0 Å². The summed E-state index contributed by atoms with van der Waals surface area (Å²) in [5, 5.41) is 40.5. The Morgan fingerprint density at radius 1 is 1.18 bits per heavy atom. The van der Waals surface area contributed by atoms with Crippen LogP contribution in [0.2, 0.25) is 5.02 Å². The molecular weight excluding hydrogens is 608 g/mol. The molecule has 0 spiro atoms. The Balaban J connectivity index is 1.26. The maximum absolute atomic E-state index is 13.8. The van der Waals surface area contributed by atoms with Crippen molar-refractivity contribution in [2.24, 2.45) is 0 Å². The number of benzene rings is 2. The molecule has 246 valence electrons. The van der Waals surface area contributed by atoms with Crippen LogP contribution in [-0.2, 0) is 16.0 Å². The Hall–Kier alpha value is -2.85. The molecule has 12 heteroatoms. The third-order valence-corrected chi connectivity index (χ3v) is 9.28. The largest absolute Gasteiger partial charge is 0.494 e. The van der Waals surface area contributed by atoms with Gasteiger partial charge >= 0.3 is 0 Å². The Morgan fingerprint density at radius 3 is 2.53 bits per heavy atom. The van der Waals surface area contributed by atoms with Crippen LogP contribution < -0.4 is 4.74 Å². The number of aliphatic hydroxyl groups is 3. The standard InChI is InChI=1S/C33H42ClF2N3O6/c1-20-28(41)29(42)30(43)31(45-20)22-8-11-26(34)23(15-22)14-21-6-9-25(10-7-21)44-13-5-12-32(2,3)38(4)18-27(40)39-19-33(35,36)16-24(39)17-37/h6-11,15,20,24,28-31,41-43H,5,12-14,16,18-19H2,1-4H3/t20-,24+,28-,29+,30-,31+/m1/s1. The highest BCUT2D eigenvalue weighted by molar-refractivity contribution is 6.31. The summed E-state index contributed by atoms with van der Waals surface area (Å²) in [6.07, 6.45) is -3.95. The highest BCUT2D eigenvalue weighted by Gasteiger charge is 2.47. The lowest BCUT2D eigenvalue weighted by Gasteiger charge is -2.39. The molecule has 45 heavy (non-hydrogen) atoms. The summed E-state index contributed by atoms with van der Waals surface area (Å²) in [4.78, 5) is 15.5. The first kappa shape index (κ1) is 35.0. The fourth-order valence-corrected chi connectivity index (χ4v) is 5.93. The normalized spacial score (nSPS) is 26.6. The van der Waals surface area contributed by atoms with Gasteiger partial charge in [0.25, 0.3) is 5.92 Å². The number of carbonyl (C=O) groups is 1. The van der Waals surface area contributed by atoms with E-state index in [-0.39, 0.29) is 6.54 Å². The van der Waals surface area contributed by atoms with Gasteiger partial charge < -0.3 is 29.7 Å². The van der Waals surface area contributed by atoms with Crippen LogP contribution in [0.5, 0.6) is 5.75 Å². The number of nitriles is 1. The van der Waals surface area contributed by atoms with Gasteiger partial charge in [0, 0.05) is 17.0 Å². The number of alkyl halides is 2. The van der Waals surface area contributed by atoms with Gasteiger partial charge in [-0.05, 0) is 82.0 Å². The average molecular weight is 650 g/mol. The first-order chi connectivity index (χ1) is 21.1. The monoisotopic (exact) mass is 649 g/mol. The fraction of sp³-hybridized carbons (Fsp3) is 0.576. The van der Waals surface area contributed by atoms with Gasteiger partial charge in [-0.2, -0.15) is 5.26 Å². The summed E-state index contributed by atoms with van der Waals surface area (Å²) in [5.41, 5.74) is 2.05. The Morgan fingerprint density at radius 2 is 1.87 bits per heavy atom. The van der Waals surface area contributed by atoms with Crippen molar-refractivity contribution in [2.75, 3.05) is 26.7 Å². The van der Waals surface area contributed by atoms with Crippen LogP contribution >= 0.6 is 11.6 Å². The van der Waals surface area contributed by atoms with E-state index in [1.54, 1.807) is 26.1 Å². The van der Waals surface area contributed by atoms with Gasteiger partial charge in [0.1, 0.15) is 36.2 Å².